The predicted octanol–water partition coefficient (Wildman–Crippen LogP) is 2.22. The molecule has 32 heavy (non-hydrogen) atoms. The lowest BCUT2D eigenvalue weighted by Gasteiger charge is -2.57. The first-order chi connectivity index (χ1) is 14.9. The van der Waals surface area contributed by atoms with E-state index in [-0.39, 0.29) is 22.4 Å². The van der Waals surface area contributed by atoms with Gasteiger partial charge < -0.3 is 25.0 Å². The molecule has 3 aliphatic rings. The van der Waals surface area contributed by atoms with E-state index in [1.807, 2.05) is 9.47 Å². The number of aliphatic carboxylic acids is 1. The van der Waals surface area contributed by atoms with Gasteiger partial charge in [-0.1, -0.05) is 0 Å². The van der Waals surface area contributed by atoms with Crippen LogP contribution in [0.3, 0.4) is 0 Å². The third kappa shape index (κ3) is 3.90. The van der Waals surface area contributed by atoms with E-state index in [0.717, 1.165) is 39.0 Å². The van der Waals surface area contributed by atoms with Crippen molar-refractivity contribution in [3.8, 4) is 0 Å². The molecule has 5 rings (SSSR count). The van der Waals surface area contributed by atoms with Crippen LogP contribution >= 0.6 is 0 Å². The zero-order valence-corrected chi connectivity index (χ0v) is 16.6. The summed E-state index contributed by atoms with van der Waals surface area (Å²) in [6, 6.07) is 3.12. The molecule has 1 aromatic carbocycles. The van der Waals surface area contributed by atoms with E-state index >= 15 is 0 Å². The summed E-state index contributed by atoms with van der Waals surface area (Å²) in [6.45, 7) is 3.55. The predicted molar refractivity (Wildman–Crippen MR) is 105 cm³/mol. The summed E-state index contributed by atoms with van der Waals surface area (Å²) in [7, 11) is 0. The second-order valence-corrected chi connectivity index (χ2v) is 8.40. The number of hydrogen-bond donors (Lipinski definition) is 3. The fourth-order valence-electron chi connectivity index (χ4n) is 4.04. The van der Waals surface area contributed by atoms with Crippen molar-refractivity contribution in [2.75, 3.05) is 31.1 Å². The quantitative estimate of drug-likeness (QED) is 0.606. The van der Waals surface area contributed by atoms with Crippen LogP contribution in [0.4, 0.5) is 23.2 Å². The topological polar surface area (TPSA) is 112 Å². The average molecular weight is 457 g/mol. The second kappa shape index (κ2) is 7.47. The van der Waals surface area contributed by atoms with E-state index < -0.39 is 29.4 Å². The van der Waals surface area contributed by atoms with Crippen LogP contribution in [0.15, 0.2) is 23.1 Å². The number of aromatic carboxylic acids is 1. The van der Waals surface area contributed by atoms with E-state index in [0.29, 0.717) is 11.2 Å². The van der Waals surface area contributed by atoms with Crippen LogP contribution in [0.5, 0.6) is 0 Å². The minimum atomic E-state index is -5.08. The van der Waals surface area contributed by atoms with E-state index in [9.17, 15) is 32.3 Å². The molecule has 0 bridgehead atoms. The Kier molecular flexibility index (Phi) is 5.15. The Morgan fingerprint density at radius 3 is 2.16 bits per heavy atom. The van der Waals surface area contributed by atoms with Gasteiger partial charge in [0.05, 0.1) is 11.2 Å². The number of rotatable bonds is 3. The van der Waals surface area contributed by atoms with Gasteiger partial charge in [-0.05, 0) is 25.0 Å². The minimum absolute atomic E-state index is 0.147. The Hall–Kier alpha value is -3.15. The molecule has 0 unspecified atom stereocenters. The van der Waals surface area contributed by atoms with Gasteiger partial charge >= 0.3 is 18.1 Å². The normalized spacial score (nSPS) is 19.1. The highest BCUT2D eigenvalue weighted by Gasteiger charge is 2.48. The molecular formula is C20H19F4N3O5. The highest BCUT2D eigenvalue weighted by molar-refractivity contribution is 5.93. The molecule has 2 aromatic rings. The van der Waals surface area contributed by atoms with Crippen LogP contribution in [0.25, 0.3) is 10.9 Å². The Labute approximate surface area is 178 Å². The lowest BCUT2D eigenvalue weighted by molar-refractivity contribution is -0.192. The molecule has 172 valence electrons. The lowest BCUT2D eigenvalue weighted by Crippen LogP contribution is -2.71. The number of pyridine rings is 1. The van der Waals surface area contributed by atoms with Crippen LogP contribution in [-0.2, 0) is 4.79 Å². The molecule has 0 radical (unpaired) electrons. The molecule has 1 saturated carbocycles. The maximum Gasteiger partial charge on any atom is 0.490 e. The van der Waals surface area contributed by atoms with E-state index in [1.54, 1.807) is 6.07 Å². The smallest absolute Gasteiger partial charge is 0.477 e. The molecule has 8 nitrogen and oxygen atoms in total. The van der Waals surface area contributed by atoms with Gasteiger partial charge in [-0.25, -0.2) is 14.0 Å². The van der Waals surface area contributed by atoms with E-state index in [1.165, 1.54) is 12.3 Å². The highest BCUT2D eigenvalue weighted by Crippen LogP contribution is 2.41. The summed E-state index contributed by atoms with van der Waals surface area (Å²) in [6.07, 6.45) is -1.77. The third-order valence-electron chi connectivity index (χ3n) is 5.91. The molecule has 1 aromatic heterocycles. The van der Waals surface area contributed by atoms with Gasteiger partial charge in [-0.15, -0.1) is 0 Å². The van der Waals surface area contributed by atoms with Crippen LogP contribution in [-0.4, -0.2) is 59.1 Å². The van der Waals surface area contributed by atoms with Gasteiger partial charge in [0, 0.05) is 49.2 Å². The molecule has 3 fully saturated rings. The van der Waals surface area contributed by atoms with Crippen LogP contribution < -0.4 is 15.6 Å². The van der Waals surface area contributed by atoms with Crippen molar-refractivity contribution in [2.45, 2.75) is 25.1 Å². The third-order valence-corrected chi connectivity index (χ3v) is 5.91. The number of nitrogens with one attached hydrogen (secondary N) is 1. The average Bonchev–Trinajstić information content (AvgIpc) is 3.45. The maximum absolute atomic E-state index is 14.7. The van der Waals surface area contributed by atoms with Crippen molar-refractivity contribution in [1.82, 2.24) is 9.88 Å². The van der Waals surface area contributed by atoms with Crippen LogP contribution in [0.1, 0.15) is 29.2 Å². The first-order valence-corrected chi connectivity index (χ1v) is 9.79. The molecule has 1 aliphatic carbocycles. The number of carboxylic acids is 2. The Bertz CT molecular complexity index is 1160. The van der Waals surface area contributed by atoms with Crippen molar-refractivity contribution >= 4 is 28.5 Å². The van der Waals surface area contributed by atoms with Gasteiger partial charge in [-0.2, -0.15) is 13.2 Å². The summed E-state index contributed by atoms with van der Waals surface area (Å²) in [5, 5.41) is 19.8. The van der Waals surface area contributed by atoms with Crippen molar-refractivity contribution in [1.29, 1.82) is 0 Å². The summed E-state index contributed by atoms with van der Waals surface area (Å²) >= 11 is 0. The molecule has 0 amide bonds. The number of carboxylic acid groups (broad SMARTS) is 2. The monoisotopic (exact) mass is 457 g/mol. The van der Waals surface area contributed by atoms with E-state index in [2.05, 4.69) is 5.32 Å². The van der Waals surface area contributed by atoms with Gasteiger partial charge in [-0.3, -0.25) is 4.79 Å². The summed E-state index contributed by atoms with van der Waals surface area (Å²) in [5.74, 6) is -4.49. The van der Waals surface area contributed by atoms with Crippen LogP contribution in [0.2, 0.25) is 0 Å². The number of alkyl halides is 3. The summed E-state index contributed by atoms with van der Waals surface area (Å²) in [4.78, 5) is 34.7. The van der Waals surface area contributed by atoms with Crippen molar-refractivity contribution in [3.05, 3.63) is 39.9 Å². The standard InChI is InChI=1S/C18H18FN3O3.C2HF3O2/c19-13-3-11-14(4-15(13)21-8-18(9-21)6-20-7-18)22(10-1-2-10)5-12(16(11)23)17(24)25;3-2(4,5)1(6)7/h3-5,10,20H,1-2,6-9H2,(H,24,25);(H,6,7). The first-order valence-electron chi connectivity index (χ1n) is 9.79. The number of fused-ring (bicyclic) bond motifs is 1. The molecule has 2 aliphatic heterocycles. The van der Waals surface area contributed by atoms with Gasteiger partial charge in [0.1, 0.15) is 11.4 Å². The zero-order valence-electron chi connectivity index (χ0n) is 16.6. The SMILES string of the molecule is O=C(O)C(F)(F)F.O=C(O)c1cn(C2CC2)c2cc(N3CC4(CNC4)C3)c(F)cc2c1=O. The fourth-order valence-corrected chi connectivity index (χ4v) is 4.04. The molecule has 2 saturated heterocycles. The molecule has 0 atom stereocenters. The zero-order chi connectivity index (χ0) is 23.4. The number of carbonyl (C=O) groups is 2. The molecule has 1 spiro atoms. The molecular weight excluding hydrogens is 438 g/mol. The number of aromatic nitrogens is 1. The molecule has 3 heterocycles. The van der Waals surface area contributed by atoms with E-state index in [4.69, 9.17) is 9.90 Å². The largest absolute Gasteiger partial charge is 0.490 e. The van der Waals surface area contributed by atoms with Crippen molar-refractivity contribution < 1.29 is 37.4 Å². The summed E-state index contributed by atoms with van der Waals surface area (Å²) < 4.78 is 48.2. The van der Waals surface area contributed by atoms with Gasteiger partial charge in [0.15, 0.2) is 0 Å². The van der Waals surface area contributed by atoms with Gasteiger partial charge in [0.2, 0.25) is 5.43 Å². The van der Waals surface area contributed by atoms with Crippen LogP contribution in [0, 0.1) is 11.2 Å². The Morgan fingerprint density at radius 1 is 1.12 bits per heavy atom. The molecule has 3 N–H and O–H groups in total. The number of anilines is 1. The Morgan fingerprint density at radius 2 is 1.72 bits per heavy atom. The number of nitrogens with zero attached hydrogens (tertiary/aromatic N) is 2. The fraction of sp³-hybridized carbons (Fsp3) is 0.450. The maximum atomic E-state index is 14.7. The number of hydrogen-bond acceptors (Lipinski definition) is 5. The number of benzene rings is 1. The number of halogens is 4. The highest BCUT2D eigenvalue weighted by atomic mass is 19.4. The summed E-state index contributed by atoms with van der Waals surface area (Å²) in [5.41, 5.74) is 0.483. The van der Waals surface area contributed by atoms with Gasteiger partial charge in [0.25, 0.3) is 0 Å². The lowest BCUT2D eigenvalue weighted by atomic mass is 9.74. The Balaban J connectivity index is 0.000000307. The minimum Gasteiger partial charge on any atom is -0.477 e. The first kappa shape index (κ1) is 22.1. The van der Waals surface area contributed by atoms with Crippen molar-refractivity contribution in [2.24, 2.45) is 5.41 Å². The van der Waals surface area contributed by atoms with Crippen molar-refractivity contribution in [3.63, 3.8) is 0 Å². The second-order valence-electron chi connectivity index (χ2n) is 8.40. The molecule has 12 heteroatoms.